The zero-order chi connectivity index (χ0) is 16.4. The van der Waals surface area contributed by atoms with E-state index in [2.05, 4.69) is 38.0 Å². The van der Waals surface area contributed by atoms with E-state index in [0.29, 0.717) is 11.5 Å². The van der Waals surface area contributed by atoms with E-state index in [9.17, 15) is 0 Å². The normalized spacial score (nSPS) is 32.0. The van der Waals surface area contributed by atoms with E-state index < -0.39 is 0 Å². The molecule has 3 nitrogen and oxygen atoms in total. The Bertz CT molecular complexity index is 517. The lowest BCUT2D eigenvalue weighted by atomic mass is 9.64. The van der Waals surface area contributed by atoms with Gasteiger partial charge >= 0.3 is 0 Å². The molecule has 2 fully saturated rings. The van der Waals surface area contributed by atoms with E-state index in [1.165, 1.54) is 49.9 Å². The maximum atomic E-state index is 4.94. The third-order valence-corrected chi connectivity index (χ3v) is 6.35. The predicted molar refractivity (Wildman–Crippen MR) is 96.6 cm³/mol. The maximum absolute atomic E-state index is 4.94. The summed E-state index contributed by atoms with van der Waals surface area (Å²) in [6.07, 6.45) is 10.6. The Morgan fingerprint density at radius 2 is 2.17 bits per heavy atom. The number of H-pyrrole nitrogens is 1. The van der Waals surface area contributed by atoms with Crippen molar-refractivity contribution in [1.82, 2.24) is 15.3 Å². The summed E-state index contributed by atoms with van der Waals surface area (Å²) in [6.45, 7) is 10.1. The molecule has 3 heteroatoms. The number of imidazole rings is 1. The summed E-state index contributed by atoms with van der Waals surface area (Å²) in [7, 11) is 0. The van der Waals surface area contributed by atoms with Gasteiger partial charge in [-0.25, -0.2) is 4.98 Å². The van der Waals surface area contributed by atoms with E-state index in [1.807, 2.05) is 0 Å². The molecule has 0 radical (unpaired) electrons. The van der Waals surface area contributed by atoms with Gasteiger partial charge in [-0.1, -0.05) is 40.5 Å². The summed E-state index contributed by atoms with van der Waals surface area (Å²) < 4.78 is 0. The average molecular weight is 318 g/mol. The summed E-state index contributed by atoms with van der Waals surface area (Å²) in [6, 6.07) is 0. The summed E-state index contributed by atoms with van der Waals surface area (Å²) >= 11 is 0. The molecule has 4 unspecified atom stereocenters. The number of nitrogens with one attached hydrogen (secondary N) is 2. The Labute approximate surface area is 142 Å². The minimum atomic E-state index is 0.385. The molecule has 2 aliphatic rings. The minimum Gasteiger partial charge on any atom is -0.345 e. The van der Waals surface area contributed by atoms with Crippen LogP contribution in [0.4, 0.5) is 0 Å². The van der Waals surface area contributed by atoms with Gasteiger partial charge in [0.15, 0.2) is 0 Å². The van der Waals surface area contributed by atoms with Gasteiger partial charge in [0.25, 0.3) is 0 Å². The number of hydrogen-bond acceptors (Lipinski definition) is 2. The second-order valence-corrected chi connectivity index (χ2v) is 8.35. The molecule has 0 aromatic carbocycles. The second kappa shape index (κ2) is 6.96. The third-order valence-electron chi connectivity index (χ3n) is 6.35. The van der Waals surface area contributed by atoms with Crippen molar-refractivity contribution in [1.29, 1.82) is 0 Å². The van der Waals surface area contributed by atoms with Gasteiger partial charge in [-0.15, -0.1) is 0 Å². The van der Waals surface area contributed by atoms with Crippen LogP contribution in [0.1, 0.15) is 95.8 Å². The van der Waals surface area contributed by atoms with Gasteiger partial charge in [0, 0.05) is 11.2 Å². The second-order valence-electron chi connectivity index (χ2n) is 8.35. The van der Waals surface area contributed by atoms with Gasteiger partial charge < -0.3 is 10.3 Å². The average Bonchev–Trinajstić information content (AvgIpc) is 2.95. The lowest BCUT2D eigenvalue weighted by Crippen LogP contribution is -2.52. The van der Waals surface area contributed by atoms with Crippen LogP contribution in [0.15, 0.2) is 0 Å². The molecule has 0 saturated heterocycles. The fourth-order valence-electron chi connectivity index (χ4n) is 5.13. The largest absolute Gasteiger partial charge is 0.345 e. The Hall–Kier alpha value is -0.830. The van der Waals surface area contributed by atoms with Gasteiger partial charge in [-0.05, 0) is 56.3 Å². The lowest BCUT2D eigenvalue weighted by Gasteiger charge is -2.48. The molecule has 0 amide bonds. The van der Waals surface area contributed by atoms with Crippen LogP contribution in [-0.2, 0) is 13.0 Å². The standard InChI is InChI=1S/C20H35N3/c1-5-15(4)19-17(6-2)22-18(23-19)13-21-20-9-7-8-16(12-20)10-14(3)11-20/h14-16,21H,5-13H2,1-4H3,(H,22,23). The molecule has 0 aliphatic heterocycles. The van der Waals surface area contributed by atoms with Gasteiger partial charge in [0.1, 0.15) is 5.82 Å². The van der Waals surface area contributed by atoms with Crippen molar-refractivity contribution in [2.45, 2.75) is 97.1 Å². The molecule has 2 aliphatic carbocycles. The van der Waals surface area contributed by atoms with Crippen molar-refractivity contribution in [3.8, 4) is 0 Å². The van der Waals surface area contributed by atoms with Crippen molar-refractivity contribution in [2.24, 2.45) is 11.8 Å². The molecule has 1 aromatic heterocycles. The van der Waals surface area contributed by atoms with Gasteiger partial charge in [0.05, 0.1) is 12.2 Å². The first kappa shape index (κ1) is 17.0. The smallest absolute Gasteiger partial charge is 0.120 e. The van der Waals surface area contributed by atoms with Gasteiger partial charge in [-0.3, -0.25) is 0 Å². The van der Waals surface area contributed by atoms with Crippen molar-refractivity contribution < 1.29 is 0 Å². The number of aryl methyl sites for hydroxylation is 1. The van der Waals surface area contributed by atoms with Crippen LogP contribution >= 0.6 is 0 Å². The molecular formula is C20H35N3. The number of aromatic amines is 1. The number of nitrogens with zero attached hydrogens (tertiary/aromatic N) is 1. The monoisotopic (exact) mass is 317 g/mol. The van der Waals surface area contributed by atoms with Crippen LogP contribution < -0.4 is 5.32 Å². The third kappa shape index (κ3) is 3.65. The van der Waals surface area contributed by atoms with Crippen LogP contribution in [0.25, 0.3) is 0 Å². The summed E-state index contributed by atoms with van der Waals surface area (Å²) in [5, 5.41) is 3.94. The quantitative estimate of drug-likeness (QED) is 0.780. The van der Waals surface area contributed by atoms with Crippen molar-refractivity contribution in [3.63, 3.8) is 0 Å². The highest BCUT2D eigenvalue weighted by Gasteiger charge is 2.41. The molecule has 3 rings (SSSR count). The van der Waals surface area contributed by atoms with Crippen LogP contribution in [-0.4, -0.2) is 15.5 Å². The maximum Gasteiger partial charge on any atom is 0.120 e. The number of hydrogen-bond donors (Lipinski definition) is 2. The zero-order valence-corrected chi connectivity index (χ0v) is 15.5. The van der Waals surface area contributed by atoms with Gasteiger partial charge in [-0.2, -0.15) is 0 Å². The predicted octanol–water partition coefficient (Wildman–Crippen LogP) is 4.93. The molecule has 1 aromatic rings. The Morgan fingerprint density at radius 1 is 1.35 bits per heavy atom. The molecule has 4 atom stereocenters. The van der Waals surface area contributed by atoms with Crippen LogP contribution in [0.5, 0.6) is 0 Å². The minimum absolute atomic E-state index is 0.385. The first-order chi connectivity index (χ1) is 11.0. The lowest BCUT2D eigenvalue weighted by molar-refractivity contribution is 0.0820. The highest BCUT2D eigenvalue weighted by Crippen LogP contribution is 2.45. The van der Waals surface area contributed by atoms with Crippen molar-refractivity contribution >= 4 is 0 Å². The van der Waals surface area contributed by atoms with E-state index in [4.69, 9.17) is 4.98 Å². The number of aromatic nitrogens is 2. The van der Waals surface area contributed by atoms with Crippen LogP contribution in [0.3, 0.4) is 0 Å². The van der Waals surface area contributed by atoms with Crippen LogP contribution in [0, 0.1) is 11.8 Å². The molecule has 1 heterocycles. The highest BCUT2D eigenvalue weighted by atomic mass is 15.0. The van der Waals surface area contributed by atoms with E-state index >= 15 is 0 Å². The summed E-state index contributed by atoms with van der Waals surface area (Å²) in [5.41, 5.74) is 3.02. The molecule has 2 saturated carbocycles. The number of fused-ring (bicyclic) bond motifs is 2. The van der Waals surface area contributed by atoms with E-state index in [-0.39, 0.29) is 0 Å². The molecule has 23 heavy (non-hydrogen) atoms. The first-order valence-electron chi connectivity index (χ1n) is 9.88. The molecule has 130 valence electrons. The van der Waals surface area contributed by atoms with Crippen LogP contribution in [0.2, 0.25) is 0 Å². The van der Waals surface area contributed by atoms with E-state index in [1.54, 1.807) is 0 Å². The SMILES string of the molecule is CCc1[nH]c(CNC23CCCC(CC(C)C2)C3)nc1C(C)CC. The molecule has 2 bridgehead atoms. The Morgan fingerprint density at radius 3 is 2.91 bits per heavy atom. The Kier molecular flexibility index (Phi) is 5.15. The van der Waals surface area contributed by atoms with E-state index in [0.717, 1.165) is 37.0 Å². The summed E-state index contributed by atoms with van der Waals surface area (Å²) in [4.78, 5) is 8.53. The van der Waals surface area contributed by atoms with Gasteiger partial charge in [0.2, 0.25) is 0 Å². The first-order valence-corrected chi connectivity index (χ1v) is 9.88. The highest BCUT2D eigenvalue weighted by molar-refractivity contribution is 5.19. The molecular weight excluding hydrogens is 282 g/mol. The van der Waals surface area contributed by atoms with Crippen molar-refractivity contribution in [3.05, 3.63) is 17.2 Å². The fourth-order valence-corrected chi connectivity index (χ4v) is 5.13. The molecule has 0 spiro atoms. The molecule has 2 N–H and O–H groups in total. The fraction of sp³-hybridized carbons (Fsp3) is 0.850. The zero-order valence-electron chi connectivity index (χ0n) is 15.5. The number of rotatable bonds is 6. The van der Waals surface area contributed by atoms with Crippen molar-refractivity contribution in [2.75, 3.05) is 0 Å². The topological polar surface area (TPSA) is 40.7 Å². The Balaban J connectivity index is 1.69. The summed E-state index contributed by atoms with van der Waals surface area (Å²) in [5.74, 6) is 3.53.